The van der Waals surface area contributed by atoms with Crippen LogP contribution in [0.2, 0.25) is 0 Å². The first kappa shape index (κ1) is 13.3. The number of pyridine rings is 1. The molecule has 2 rings (SSSR count). The molecule has 0 aliphatic carbocycles. The SMILES string of the molecule is CC(O)c1ccc(N(C)CC2CCCOC2)cn1. The summed E-state index contributed by atoms with van der Waals surface area (Å²) in [6.45, 7) is 4.50. The predicted octanol–water partition coefficient (Wildman–Crippen LogP) is 2.00. The Labute approximate surface area is 109 Å². The maximum Gasteiger partial charge on any atom is 0.0931 e. The fraction of sp³-hybridized carbons (Fsp3) is 0.643. The van der Waals surface area contributed by atoms with Crippen LogP contribution in [0.3, 0.4) is 0 Å². The zero-order chi connectivity index (χ0) is 13.0. The van der Waals surface area contributed by atoms with E-state index in [4.69, 9.17) is 4.74 Å². The van der Waals surface area contributed by atoms with E-state index in [2.05, 4.69) is 16.9 Å². The van der Waals surface area contributed by atoms with Crippen LogP contribution < -0.4 is 4.90 Å². The summed E-state index contributed by atoms with van der Waals surface area (Å²) in [7, 11) is 2.08. The summed E-state index contributed by atoms with van der Waals surface area (Å²) in [4.78, 5) is 6.48. The molecule has 18 heavy (non-hydrogen) atoms. The van der Waals surface area contributed by atoms with Gasteiger partial charge in [0.15, 0.2) is 0 Å². The van der Waals surface area contributed by atoms with Crippen LogP contribution in [0.1, 0.15) is 31.6 Å². The molecule has 2 heterocycles. The maximum absolute atomic E-state index is 9.42. The molecular formula is C14H22N2O2. The summed E-state index contributed by atoms with van der Waals surface area (Å²) in [5.74, 6) is 0.611. The van der Waals surface area contributed by atoms with Crippen LogP contribution >= 0.6 is 0 Å². The third kappa shape index (κ3) is 3.43. The van der Waals surface area contributed by atoms with Gasteiger partial charge in [-0.25, -0.2) is 0 Å². The normalized spacial score (nSPS) is 21.6. The van der Waals surface area contributed by atoms with Crippen LogP contribution in [0, 0.1) is 5.92 Å². The van der Waals surface area contributed by atoms with E-state index in [0.717, 1.165) is 31.9 Å². The lowest BCUT2D eigenvalue weighted by molar-refractivity contribution is 0.0576. The number of aliphatic hydroxyl groups is 1. The minimum Gasteiger partial charge on any atom is -0.387 e. The quantitative estimate of drug-likeness (QED) is 0.887. The second-order valence-corrected chi connectivity index (χ2v) is 5.08. The predicted molar refractivity (Wildman–Crippen MR) is 71.7 cm³/mol. The fourth-order valence-electron chi connectivity index (χ4n) is 2.31. The molecule has 0 bridgehead atoms. The van der Waals surface area contributed by atoms with Gasteiger partial charge in [-0.3, -0.25) is 4.98 Å². The first-order chi connectivity index (χ1) is 8.66. The van der Waals surface area contributed by atoms with Gasteiger partial charge in [-0.1, -0.05) is 0 Å². The second-order valence-electron chi connectivity index (χ2n) is 5.08. The van der Waals surface area contributed by atoms with E-state index in [-0.39, 0.29) is 0 Å². The van der Waals surface area contributed by atoms with Crippen LogP contribution in [0.5, 0.6) is 0 Å². The highest BCUT2D eigenvalue weighted by atomic mass is 16.5. The molecule has 4 nitrogen and oxygen atoms in total. The maximum atomic E-state index is 9.42. The van der Waals surface area contributed by atoms with Crippen molar-refractivity contribution in [2.75, 3.05) is 31.7 Å². The average Bonchev–Trinajstić information content (AvgIpc) is 2.40. The van der Waals surface area contributed by atoms with Crippen molar-refractivity contribution < 1.29 is 9.84 Å². The molecule has 100 valence electrons. The van der Waals surface area contributed by atoms with E-state index in [0.29, 0.717) is 11.6 Å². The second kappa shape index (κ2) is 6.16. The highest BCUT2D eigenvalue weighted by Gasteiger charge is 2.16. The molecule has 2 atom stereocenters. The van der Waals surface area contributed by atoms with Crippen molar-refractivity contribution in [3.05, 3.63) is 24.0 Å². The lowest BCUT2D eigenvalue weighted by Crippen LogP contribution is -2.30. The molecule has 1 N–H and O–H groups in total. The van der Waals surface area contributed by atoms with Crippen molar-refractivity contribution in [3.8, 4) is 0 Å². The van der Waals surface area contributed by atoms with Crippen LogP contribution in [-0.4, -0.2) is 36.9 Å². The molecule has 0 aromatic carbocycles. The molecule has 1 fully saturated rings. The van der Waals surface area contributed by atoms with E-state index >= 15 is 0 Å². The molecule has 0 saturated carbocycles. The topological polar surface area (TPSA) is 45.6 Å². The number of aliphatic hydroxyl groups excluding tert-OH is 1. The van der Waals surface area contributed by atoms with Crippen molar-refractivity contribution in [1.29, 1.82) is 0 Å². The van der Waals surface area contributed by atoms with Gasteiger partial charge >= 0.3 is 0 Å². The number of nitrogens with zero attached hydrogens (tertiary/aromatic N) is 2. The van der Waals surface area contributed by atoms with E-state index in [9.17, 15) is 5.11 Å². The summed E-state index contributed by atoms with van der Waals surface area (Å²) in [5.41, 5.74) is 1.80. The lowest BCUT2D eigenvalue weighted by atomic mass is 10.0. The molecule has 2 unspecified atom stereocenters. The lowest BCUT2D eigenvalue weighted by Gasteiger charge is -2.28. The van der Waals surface area contributed by atoms with Crippen LogP contribution in [0.15, 0.2) is 18.3 Å². The van der Waals surface area contributed by atoms with E-state index in [1.54, 1.807) is 6.92 Å². The van der Waals surface area contributed by atoms with Gasteiger partial charge in [-0.05, 0) is 37.8 Å². The Hall–Kier alpha value is -1.13. The molecule has 1 aliphatic rings. The molecule has 4 heteroatoms. The van der Waals surface area contributed by atoms with Gasteiger partial charge < -0.3 is 14.7 Å². The van der Waals surface area contributed by atoms with Crippen LogP contribution in [0.4, 0.5) is 5.69 Å². The molecule has 1 aliphatic heterocycles. The van der Waals surface area contributed by atoms with Crippen LogP contribution in [-0.2, 0) is 4.74 Å². The van der Waals surface area contributed by atoms with Crippen LogP contribution in [0.25, 0.3) is 0 Å². The third-order valence-electron chi connectivity index (χ3n) is 3.43. The molecule has 1 saturated heterocycles. The van der Waals surface area contributed by atoms with Crippen molar-refractivity contribution >= 4 is 5.69 Å². The Kier molecular flexibility index (Phi) is 4.55. The van der Waals surface area contributed by atoms with Gasteiger partial charge in [-0.15, -0.1) is 0 Å². The summed E-state index contributed by atoms with van der Waals surface area (Å²) >= 11 is 0. The Bertz CT molecular complexity index is 359. The molecule has 0 amide bonds. The van der Waals surface area contributed by atoms with Gasteiger partial charge in [0.25, 0.3) is 0 Å². The highest BCUT2D eigenvalue weighted by Crippen LogP contribution is 2.19. The average molecular weight is 250 g/mol. The summed E-state index contributed by atoms with van der Waals surface area (Å²) in [6.07, 6.45) is 3.73. The number of ether oxygens (including phenoxy) is 1. The van der Waals surface area contributed by atoms with Gasteiger partial charge in [0.05, 0.1) is 30.3 Å². The first-order valence-electron chi connectivity index (χ1n) is 6.59. The first-order valence-corrected chi connectivity index (χ1v) is 6.59. The molecule has 0 radical (unpaired) electrons. The summed E-state index contributed by atoms with van der Waals surface area (Å²) in [5, 5.41) is 9.42. The number of hydrogen-bond acceptors (Lipinski definition) is 4. The van der Waals surface area contributed by atoms with Gasteiger partial charge in [0.2, 0.25) is 0 Å². The van der Waals surface area contributed by atoms with Crippen molar-refractivity contribution in [3.63, 3.8) is 0 Å². The zero-order valence-electron chi connectivity index (χ0n) is 11.2. The zero-order valence-corrected chi connectivity index (χ0v) is 11.2. The van der Waals surface area contributed by atoms with Crippen molar-refractivity contribution in [2.24, 2.45) is 5.92 Å². The standard InChI is InChI=1S/C14H22N2O2/c1-11(17)14-6-5-13(8-15-14)16(2)9-12-4-3-7-18-10-12/h5-6,8,11-12,17H,3-4,7,9-10H2,1-2H3. The Balaban J connectivity index is 1.93. The highest BCUT2D eigenvalue weighted by molar-refractivity contribution is 5.43. The fourth-order valence-corrected chi connectivity index (χ4v) is 2.31. The van der Waals surface area contributed by atoms with E-state index in [1.807, 2.05) is 18.3 Å². The van der Waals surface area contributed by atoms with Gasteiger partial charge in [0.1, 0.15) is 0 Å². The Morgan fingerprint density at radius 3 is 2.94 bits per heavy atom. The van der Waals surface area contributed by atoms with Crippen molar-refractivity contribution in [1.82, 2.24) is 4.98 Å². The van der Waals surface area contributed by atoms with E-state index < -0.39 is 6.10 Å². The minimum absolute atomic E-state index is 0.504. The minimum atomic E-state index is -0.504. The molecule has 0 spiro atoms. The van der Waals surface area contributed by atoms with Gasteiger partial charge in [-0.2, -0.15) is 0 Å². The number of hydrogen-bond donors (Lipinski definition) is 1. The smallest absolute Gasteiger partial charge is 0.0931 e. The number of aromatic nitrogens is 1. The Morgan fingerprint density at radius 1 is 1.56 bits per heavy atom. The largest absolute Gasteiger partial charge is 0.387 e. The number of anilines is 1. The van der Waals surface area contributed by atoms with Gasteiger partial charge in [0, 0.05) is 20.2 Å². The Morgan fingerprint density at radius 2 is 2.39 bits per heavy atom. The third-order valence-corrected chi connectivity index (χ3v) is 3.43. The summed E-state index contributed by atoms with van der Waals surface area (Å²) < 4.78 is 5.49. The van der Waals surface area contributed by atoms with E-state index in [1.165, 1.54) is 6.42 Å². The monoisotopic (exact) mass is 250 g/mol. The molecular weight excluding hydrogens is 228 g/mol. The molecule has 1 aromatic rings. The van der Waals surface area contributed by atoms with Crippen molar-refractivity contribution in [2.45, 2.75) is 25.9 Å². The number of rotatable bonds is 4. The molecule has 1 aromatic heterocycles. The summed E-state index contributed by atoms with van der Waals surface area (Å²) in [6, 6.07) is 3.90.